The lowest BCUT2D eigenvalue weighted by molar-refractivity contribution is 0.278. The Kier molecular flexibility index (Phi) is 4.81. The van der Waals surface area contributed by atoms with Crippen molar-refractivity contribution in [1.29, 1.82) is 0 Å². The van der Waals surface area contributed by atoms with E-state index < -0.39 is 0 Å². The first-order valence-corrected chi connectivity index (χ1v) is 10.2. The third kappa shape index (κ3) is 3.71. The predicted molar refractivity (Wildman–Crippen MR) is 121 cm³/mol. The molecule has 0 bridgehead atoms. The van der Waals surface area contributed by atoms with Gasteiger partial charge in [-0.15, -0.1) is 0 Å². The molecule has 29 heavy (non-hydrogen) atoms. The van der Waals surface area contributed by atoms with Crippen LogP contribution in [-0.2, 0) is 6.54 Å². The number of hydrogen-bond acceptors (Lipinski definition) is 3. The van der Waals surface area contributed by atoms with E-state index in [1.165, 1.54) is 5.56 Å². The van der Waals surface area contributed by atoms with Gasteiger partial charge in [-0.25, -0.2) is 4.98 Å². The third-order valence-electron chi connectivity index (χ3n) is 5.74. The molecule has 0 spiro atoms. The number of aryl methyl sites for hydroxylation is 1. The van der Waals surface area contributed by atoms with Gasteiger partial charge in [0.25, 0.3) is 0 Å². The molecule has 1 N–H and O–H groups in total. The molecule has 0 aliphatic carbocycles. The van der Waals surface area contributed by atoms with Gasteiger partial charge in [-0.1, -0.05) is 64.1 Å². The molecular formula is C25H29N3O. The van der Waals surface area contributed by atoms with Crippen LogP contribution in [0.15, 0.2) is 53.5 Å². The first-order valence-electron chi connectivity index (χ1n) is 10.2. The molecule has 4 rings (SSSR count). The van der Waals surface area contributed by atoms with E-state index in [2.05, 4.69) is 61.5 Å². The van der Waals surface area contributed by atoms with Crippen LogP contribution in [-0.4, -0.2) is 26.9 Å². The van der Waals surface area contributed by atoms with Crippen LogP contribution < -0.4 is 0 Å². The van der Waals surface area contributed by atoms with Gasteiger partial charge >= 0.3 is 0 Å². The lowest BCUT2D eigenvalue weighted by Gasteiger charge is -2.33. The van der Waals surface area contributed by atoms with Crippen LogP contribution in [0.1, 0.15) is 44.6 Å². The number of fused-ring (bicyclic) bond motifs is 1. The Balaban J connectivity index is 1.76. The number of phenolic OH excluding ortho intramolecular Hbond substituents is 1. The molecule has 0 saturated carbocycles. The number of allylic oxidation sites excluding steroid dienone is 1. The van der Waals surface area contributed by atoms with Crippen LogP contribution in [0.5, 0.6) is 5.75 Å². The second-order valence-corrected chi connectivity index (χ2v) is 9.16. The number of aliphatic imine (C=N–C) groups is 1. The molecule has 2 aromatic carbocycles. The highest BCUT2D eigenvalue weighted by Gasteiger charge is 2.30. The monoisotopic (exact) mass is 387 g/mol. The minimum absolute atomic E-state index is 0.120. The summed E-state index contributed by atoms with van der Waals surface area (Å²) >= 11 is 0. The Morgan fingerprint density at radius 2 is 1.83 bits per heavy atom. The van der Waals surface area contributed by atoms with E-state index in [1.807, 2.05) is 37.4 Å². The van der Waals surface area contributed by atoms with Gasteiger partial charge in [0.05, 0.1) is 11.6 Å². The summed E-state index contributed by atoms with van der Waals surface area (Å²) in [5, 5.41) is 10.7. The highest BCUT2D eigenvalue weighted by Crippen LogP contribution is 2.36. The maximum Gasteiger partial charge on any atom is 0.144 e. The molecule has 0 fully saturated rings. The predicted octanol–water partition coefficient (Wildman–Crippen LogP) is 5.62. The highest BCUT2D eigenvalue weighted by atomic mass is 16.3. The molecule has 2 unspecified atom stereocenters. The lowest BCUT2D eigenvalue weighted by Crippen LogP contribution is -2.32. The Morgan fingerprint density at radius 3 is 2.48 bits per heavy atom. The van der Waals surface area contributed by atoms with Gasteiger partial charge in [-0.3, -0.25) is 4.99 Å². The van der Waals surface area contributed by atoms with Gasteiger partial charge in [-0.2, -0.15) is 0 Å². The number of rotatable bonds is 3. The SMILES string of the molecule is Cc1nc2c(O)cc(C3=CC(C)C(C(C)(C)C)N=C3)cc2n1Cc1ccccc1. The van der Waals surface area contributed by atoms with Crippen molar-refractivity contribution in [2.24, 2.45) is 16.3 Å². The first kappa shape index (κ1) is 19.4. The van der Waals surface area contributed by atoms with Crippen LogP contribution in [0.25, 0.3) is 16.6 Å². The number of aromatic nitrogens is 2. The Labute approximate surface area is 172 Å². The summed E-state index contributed by atoms with van der Waals surface area (Å²) in [5.41, 5.74) is 4.96. The van der Waals surface area contributed by atoms with Gasteiger partial charge in [0.1, 0.15) is 17.1 Å². The van der Waals surface area contributed by atoms with E-state index in [-0.39, 0.29) is 17.2 Å². The van der Waals surface area contributed by atoms with Crippen molar-refractivity contribution < 1.29 is 5.11 Å². The van der Waals surface area contributed by atoms with Crippen LogP contribution in [0.2, 0.25) is 0 Å². The normalized spacial score (nSPS) is 19.6. The quantitative estimate of drug-likeness (QED) is 0.634. The number of phenols is 1. The molecule has 1 aliphatic rings. The molecule has 2 heterocycles. The summed E-state index contributed by atoms with van der Waals surface area (Å²) < 4.78 is 2.16. The van der Waals surface area contributed by atoms with Crippen molar-refractivity contribution in [2.75, 3.05) is 0 Å². The average Bonchev–Trinajstić information content (AvgIpc) is 2.98. The minimum atomic E-state index is 0.120. The molecule has 4 heteroatoms. The largest absolute Gasteiger partial charge is 0.506 e. The zero-order valence-electron chi connectivity index (χ0n) is 17.8. The summed E-state index contributed by atoms with van der Waals surface area (Å²) in [6, 6.07) is 14.5. The average molecular weight is 388 g/mol. The summed E-state index contributed by atoms with van der Waals surface area (Å²) in [6.07, 6.45) is 4.23. The summed E-state index contributed by atoms with van der Waals surface area (Å²) in [6.45, 7) is 11.6. The zero-order chi connectivity index (χ0) is 20.8. The maximum absolute atomic E-state index is 10.7. The van der Waals surface area contributed by atoms with E-state index in [0.717, 1.165) is 29.0 Å². The molecule has 1 aliphatic heterocycles. The number of benzene rings is 2. The smallest absolute Gasteiger partial charge is 0.144 e. The molecule has 150 valence electrons. The third-order valence-corrected chi connectivity index (χ3v) is 5.74. The molecule has 3 aromatic rings. The summed E-state index contributed by atoms with van der Waals surface area (Å²) in [4.78, 5) is 9.46. The molecule has 0 radical (unpaired) electrons. The fraction of sp³-hybridized carbons (Fsp3) is 0.360. The number of aromatic hydroxyl groups is 1. The van der Waals surface area contributed by atoms with Gasteiger partial charge < -0.3 is 9.67 Å². The van der Waals surface area contributed by atoms with Crippen LogP contribution in [0, 0.1) is 18.3 Å². The number of imidazole rings is 1. The molecule has 4 nitrogen and oxygen atoms in total. The van der Waals surface area contributed by atoms with E-state index in [4.69, 9.17) is 4.99 Å². The minimum Gasteiger partial charge on any atom is -0.506 e. The molecule has 1 aromatic heterocycles. The molecule has 0 saturated heterocycles. The van der Waals surface area contributed by atoms with Crippen molar-refractivity contribution in [2.45, 2.75) is 47.2 Å². The van der Waals surface area contributed by atoms with Crippen LogP contribution in [0.4, 0.5) is 0 Å². The van der Waals surface area contributed by atoms with Crippen LogP contribution in [0.3, 0.4) is 0 Å². The van der Waals surface area contributed by atoms with Crippen LogP contribution >= 0.6 is 0 Å². The molecule has 2 atom stereocenters. The van der Waals surface area contributed by atoms with Gasteiger partial charge in [0.2, 0.25) is 0 Å². The van der Waals surface area contributed by atoms with Crippen molar-refractivity contribution >= 4 is 22.8 Å². The topological polar surface area (TPSA) is 50.4 Å². The van der Waals surface area contributed by atoms with Crippen molar-refractivity contribution in [1.82, 2.24) is 9.55 Å². The van der Waals surface area contributed by atoms with Gasteiger partial charge in [0, 0.05) is 12.8 Å². The van der Waals surface area contributed by atoms with E-state index in [0.29, 0.717) is 11.4 Å². The summed E-state index contributed by atoms with van der Waals surface area (Å²) in [5.74, 6) is 1.44. The number of nitrogens with zero attached hydrogens (tertiary/aromatic N) is 3. The zero-order valence-corrected chi connectivity index (χ0v) is 17.8. The highest BCUT2D eigenvalue weighted by molar-refractivity contribution is 6.11. The number of hydrogen-bond donors (Lipinski definition) is 1. The van der Waals surface area contributed by atoms with Gasteiger partial charge in [-0.05, 0) is 47.1 Å². The lowest BCUT2D eigenvalue weighted by atomic mass is 9.78. The Hall–Kier alpha value is -2.88. The van der Waals surface area contributed by atoms with E-state index in [9.17, 15) is 5.11 Å². The fourth-order valence-electron chi connectivity index (χ4n) is 4.35. The van der Waals surface area contributed by atoms with Gasteiger partial charge in [0.15, 0.2) is 0 Å². The van der Waals surface area contributed by atoms with E-state index >= 15 is 0 Å². The Bertz CT molecular complexity index is 1100. The summed E-state index contributed by atoms with van der Waals surface area (Å²) in [7, 11) is 0. The fourth-order valence-corrected chi connectivity index (χ4v) is 4.35. The van der Waals surface area contributed by atoms with Crippen molar-refractivity contribution in [3.8, 4) is 5.75 Å². The van der Waals surface area contributed by atoms with E-state index in [1.54, 1.807) is 0 Å². The standard InChI is InChI=1S/C25H29N3O/c1-16-11-20(14-26-24(16)25(3,4)5)19-12-21-23(22(29)13-19)27-17(2)28(21)15-18-9-7-6-8-10-18/h6-14,16,24,29H,15H2,1-5H3. The maximum atomic E-state index is 10.7. The van der Waals surface area contributed by atoms with Crippen molar-refractivity contribution in [3.63, 3.8) is 0 Å². The molecule has 0 amide bonds. The number of dihydropyridines is 1. The second-order valence-electron chi connectivity index (χ2n) is 9.16. The first-order chi connectivity index (χ1) is 13.7. The molecular weight excluding hydrogens is 358 g/mol. The Morgan fingerprint density at radius 1 is 1.10 bits per heavy atom. The van der Waals surface area contributed by atoms with Crippen molar-refractivity contribution in [3.05, 3.63) is 65.5 Å². The second kappa shape index (κ2) is 7.18.